The van der Waals surface area contributed by atoms with Crippen molar-refractivity contribution in [2.24, 2.45) is 0 Å². The Morgan fingerprint density at radius 1 is 1.20 bits per heavy atom. The monoisotopic (exact) mass is 411 g/mol. The molecule has 0 atom stereocenters. The minimum absolute atomic E-state index is 0.0308. The number of nitro benzene ring substituents is 1. The summed E-state index contributed by atoms with van der Waals surface area (Å²) in [5, 5.41) is 14.9. The number of nitrogens with one attached hydrogen (secondary N) is 2. The van der Waals surface area contributed by atoms with Crippen LogP contribution in [0, 0.1) is 10.1 Å². The number of aromatic nitrogens is 1. The number of amides is 1. The quantitative estimate of drug-likeness (QED) is 0.317. The lowest BCUT2D eigenvalue weighted by Crippen LogP contribution is -2.30. The molecule has 0 saturated heterocycles. The number of carbonyl (C=O) groups excluding carboxylic acids is 2. The zero-order valence-corrected chi connectivity index (χ0v) is 16.3. The van der Waals surface area contributed by atoms with Crippen LogP contribution in [0.3, 0.4) is 0 Å². The van der Waals surface area contributed by atoms with E-state index in [1.807, 2.05) is 30.5 Å². The van der Waals surface area contributed by atoms with Crippen LogP contribution in [0.15, 0.2) is 48.7 Å². The number of ether oxygens (including phenoxy) is 2. The van der Waals surface area contributed by atoms with Crippen molar-refractivity contribution in [3.8, 4) is 5.75 Å². The number of fused-ring (bicyclic) bond motifs is 1. The van der Waals surface area contributed by atoms with E-state index in [9.17, 15) is 19.7 Å². The van der Waals surface area contributed by atoms with E-state index in [0.717, 1.165) is 22.5 Å². The molecule has 0 unspecified atom stereocenters. The molecule has 0 saturated carbocycles. The van der Waals surface area contributed by atoms with E-state index in [1.54, 1.807) is 6.92 Å². The van der Waals surface area contributed by atoms with Gasteiger partial charge in [-0.25, -0.2) is 4.79 Å². The topological polar surface area (TPSA) is 124 Å². The highest BCUT2D eigenvalue weighted by molar-refractivity contribution is 5.92. The van der Waals surface area contributed by atoms with Gasteiger partial charge >= 0.3 is 11.7 Å². The molecule has 0 spiro atoms. The fourth-order valence-electron chi connectivity index (χ4n) is 3.01. The van der Waals surface area contributed by atoms with Crippen molar-refractivity contribution in [2.45, 2.75) is 13.3 Å². The van der Waals surface area contributed by atoms with Crippen LogP contribution in [0.4, 0.5) is 5.69 Å². The summed E-state index contributed by atoms with van der Waals surface area (Å²) in [6, 6.07) is 11.6. The van der Waals surface area contributed by atoms with Crippen molar-refractivity contribution in [1.82, 2.24) is 10.3 Å². The van der Waals surface area contributed by atoms with E-state index in [-0.39, 0.29) is 23.6 Å². The molecule has 0 fully saturated rings. The van der Waals surface area contributed by atoms with E-state index < -0.39 is 23.4 Å². The Balaban J connectivity index is 1.50. The molecule has 1 amide bonds. The van der Waals surface area contributed by atoms with E-state index >= 15 is 0 Å². The number of nitro groups is 1. The second kappa shape index (κ2) is 9.55. The smallest absolute Gasteiger partial charge is 0.338 e. The summed E-state index contributed by atoms with van der Waals surface area (Å²) in [7, 11) is 0. The number of rotatable bonds is 9. The third-order valence-corrected chi connectivity index (χ3v) is 4.42. The normalized spacial score (nSPS) is 10.6. The third-order valence-electron chi connectivity index (χ3n) is 4.42. The molecule has 0 radical (unpaired) electrons. The van der Waals surface area contributed by atoms with E-state index in [1.165, 1.54) is 12.1 Å². The predicted octanol–water partition coefficient (Wildman–Crippen LogP) is 2.99. The average Bonchev–Trinajstić information content (AvgIpc) is 3.15. The van der Waals surface area contributed by atoms with Gasteiger partial charge in [-0.2, -0.15) is 0 Å². The van der Waals surface area contributed by atoms with Gasteiger partial charge in [-0.15, -0.1) is 0 Å². The van der Waals surface area contributed by atoms with Gasteiger partial charge in [-0.3, -0.25) is 14.9 Å². The Hall–Kier alpha value is -3.88. The number of para-hydroxylation sites is 1. The number of carbonyl (C=O) groups is 2. The molecule has 9 nitrogen and oxygen atoms in total. The Morgan fingerprint density at radius 2 is 2.00 bits per heavy atom. The maximum absolute atomic E-state index is 12.1. The molecule has 3 aromatic rings. The summed E-state index contributed by atoms with van der Waals surface area (Å²) in [4.78, 5) is 37.8. The minimum atomic E-state index is -0.826. The van der Waals surface area contributed by atoms with Gasteiger partial charge in [0, 0.05) is 29.7 Å². The average molecular weight is 411 g/mol. The maximum Gasteiger partial charge on any atom is 0.338 e. The zero-order chi connectivity index (χ0) is 21.5. The second-order valence-corrected chi connectivity index (χ2v) is 6.41. The van der Waals surface area contributed by atoms with Gasteiger partial charge in [0.25, 0.3) is 5.91 Å². The number of hydrogen-bond acceptors (Lipinski definition) is 6. The number of aromatic amines is 1. The van der Waals surface area contributed by atoms with E-state index in [0.29, 0.717) is 13.0 Å². The van der Waals surface area contributed by atoms with Crippen molar-refractivity contribution in [3.63, 3.8) is 0 Å². The second-order valence-electron chi connectivity index (χ2n) is 6.41. The summed E-state index contributed by atoms with van der Waals surface area (Å²) in [5.41, 5.74) is 1.73. The fourth-order valence-corrected chi connectivity index (χ4v) is 3.01. The van der Waals surface area contributed by atoms with Crippen LogP contribution in [0.5, 0.6) is 5.75 Å². The molecule has 156 valence electrons. The first-order chi connectivity index (χ1) is 14.5. The zero-order valence-electron chi connectivity index (χ0n) is 16.3. The molecule has 30 heavy (non-hydrogen) atoms. The van der Waals surface area contributed by atoms with Crippen molar-refractivity contribution < 1.29 is 24.0 Å². The van der Waals surface area contributed by atoms with Gasteiger partial charge in [0.05, 0.1) is 17.1 Å². The number of H-pyrrole nitrogens is 1. The molecular weight excluding hydrogens is 390 g/mol. The SMILES string of the molecule is CCOc1ccc(C(=O)OCC(=O)NCCc2c[nH]c3ccccc23)cc1[N+](=O)[O-]. The Labute approximate surface area is 172 Å². The standard InChI is InChI=1S/C21H21N3O6/c1-2-29-19-8-7-14(11-18(19)24(27)28)21(26)30-13-20(25)22-10-9-15-12-23-17-6-4-3-5-16(15)17/h3-8,11-12,23H,2,9-10,13H2,1H3,(H,22,25). The van der Waals surface area contributed by atoms with Gasteiger partial charge in [-0.1, -0.05) is 18.2 Å². The van der Waals surface area contributed by atoms with Crippen molar-refractivity contribution >= 4 is 28.5 Å². The molecule has 0 aliphatic heterocycles. The van der Waals surface area contributed by atoms with Crippen LogP contribution in [0.2, 0.25) is 0 Å². The van der Waals surface area contributed by atoms with Crippen LogP contribution in [-0.2, 0) is 16.0 Å². The lowest BCUT2D eigenvalue weighted by molar-refractivity contribution is -0.385. The highest BCUT2D eigenvalue weighted by atomic mass is 16.6. The van der Waals surface area contributed by atoms with Crippen molar-refractivity contribution in [3.05, 3.63) is 69.9 Å². The first-order valence-corrected chi connectivity index (χ1v) is 9.39. The summed E-state index contributed by atoms with van der Waals surface area (Å²) in [6.45, 7) is 1.85. The van der Waals surface area contributed by atoms with E-state index in [4.69, 9.17) is 9.47 Å². The van der Waals surface area contributed by atoms with Crippen molar-refractivity contribution in [2.75, 3.05) is 19.8 Å². The summed E-state index contributed by atoms with van der Waals surface area (Å²) in [6.07, 6.45) is 2.52. The van der Waals surface area contributed by atoms with Crippen LogP contribution in [0.1, 0.15) is 22.8 Å². The summed E-state index contributed by atoms with van der Waals surface area (Å²) < 4.78 is 10.1. The third kappa shape index (κ3) is 4.93. The fraction of sp³-hybridized carbons (Fsp3) is 0.238. The lowest BCUT2D eigenvalue weighted by atomic mass is 10.1. The molecule has 0 aliphatic carbocycles. The molecule has 2 aromatic carbocycles. The molecule has 3 rings (SSSR count). The predicted molar refractivity (Wildman–Crippen MR) is 110 cm³/mol. The Morgan fingerprint density at radius 3 is 2.77 bits per heavy atom. The van der Waals surface area contributed by atoms with E-state index in [2.05, 4.69) is 10.3 Å². The maximum atomic E-state index is 12.1. The van der Waals surface area contributed by atoms with Gasteiger partial charge in [0.15, 0.2) is 12.4 Å². The van der Waals surface area contributed by atoms with Gasteiger partial charge in [-0.05, 0) is 37.1 Å². The van der Waals surface area contributed by atoms with Crippen LogP contribution in [0.25, 0.3) is 10.9 Å². The largest absolute Gasteiger partial charge is 0.487 e. The molecular formula is C21H21N3O6. The van der Waals surface area contributed by atoms with Gasteiger partial charge in [0.1, 0.15) is 0 Å². The van der Waals surface area contributed by atoms with Gasteiger partial charge < -0.3 is 19.8 Å². The highest BCUT2D eigenvalue weighted by Crippen LogP contribution is 2.28. The number of hydrogen-bond donors (Lipinski definition) is 2. The minimum Gasteiger partial charge on any atom is -0.487 e. The molecule has 0 bridgehead atoms. The molecule has 0 aliphatic rings. The Bertz CT molecular complexity index is 1080. The first-order valence-electron chi connectivity index (χ1n) is 9.39. The summed E-state index contributed by atoms with van der Waals surface area (Å²) in [5.74, 6) is -1.22. The molecule has 9 heteroatoms. The Kier molecular flexibility index (Phi) is 6.63. The molecule has 2 N–H and O–H groups in total. The number of esters is 1. The highest BCUT2D eigenvalue weighted by Gasteiger charge is 2.20. The number of benzene rings is 2. The molecule has 1 heterocycles. The molecule has 1 aromatic heterocycles. The summed E-state index contributed by atoms with van der Waals surface area (Å²) >= 11 is 0. The van der Waals surface area contributed by atoms with Crippen LogP contribution >= 0.6 is 0 Å². The van der Waals surface area contributed by atoms with Crippen LogP contribution < -0.4 is 10.1 Å². The van der Waals surface area contributed by atoms with Gasteiger partial charge in [0.2, 0.25) is 0 Å². The lowest BCUT2D eigenvalue weighted by Gasteiger charge is -2.08. The number of nitrogens with zero attached hydrogens (tertiary/aromatic N) is 1. The first kappa shape index (κ1) is 20.8. The van der Waals surface area contributed by atoms with Crippen molar-refractivity contribution in [1.29, 1.82) is 0 Å². The van der Waals surface area contributed by atoms with Crippen LogP contribution in [-0.4, -0.2) is 41.5 Å².